The minimum Gasteiger partial charge on any atom is -0.457 e. The number of para-hydroxylation sites is 3. The van der Waals surface area contributed by atoms with Crippen LogP contribution < -0.4 is 25.2 Å². The predicted molar refractivity (Wildman–Crippen MR) is 213 cm³/mol. The van der Waals surface area contributed by atoms with Crippen LogP contribution in [0, 0.1) is 0 Å². The largest absolute Gasteiger partial charge is 0.457 e. The number of furan rings is 1. The standard InChI is InChI=1S/C43H31N4O2PSi/c1-46-34-18-7-6-17-33(34)45-43(46)28-12-11-13-29(26-28)48-30-21-24-39-36(27-30)47(40-20-9-10-25-44-40)35-22-23-38-41(32-16-5-8-19-37(32)49-38)42(35)51(39,50)31-14-3-2-4-15-31/h2-27H,50H2,1H3. The number of aryl methyl sites for hydroxylation is 1. The summed E-state index contributed by atoms with van der Waals surface area (Å²) in [5.74, 6) is 3.21. The molecule has 9 aromatic rings. The Balaban J connectivity index is 1.17. The van der Waals surface area contributed by atoms with Gasteiger partial charge in [0.05, 0.1) is 16.7 Å². The fraction of sp³-hybridized carbons (Fsp3) is 0.0233. The Kier molecular flexibility index (Phi) is 6.75. The summed E-state index contributed by atoms with van der Waals surface area (Å²) in [6, 6.07) is 52.5. The third-order valence-corrected chi connectivity index (χ3v) is 16.6. The highest BCUT2D eigenvalue weighted by Gasteiger charge is 2.46. The molecule has 10 rings (SSSR count). The Morgan fingerprint density at radius 1 is 0.686 bits per heavy atom. The van der Waals surface area contributed by atoms with Gasteiger partial charge in [0.25, 0.3) is 0 Å². The van der Waals surface area contributed by atoms with Crippen molar-refractivity contribution in [2.45, 2.75) is 0 Å². The molecule has 244 valence electrons. The molecule has 1 aliphatic heterocycles. The summed E-state index contributed by atoms with van der Waals surface area (Å²) in [5, 5.41) is 6.09. The third kappa shape index (κ3) is 4.59. The van der Waals surface area contributed by atoms with Gasteiger partial charge >= 0.3 is 0 Å². The molecular weight excluding hydrogens is 664 g/mol. The maximum Gasteiger partial charge on any atom is 0.174 e. The number of pyridine rings is 1. The van der Waals surface area contributed by atoms with Crippen molar-refractivity contribution in [3.05, 3.63) is 158 Å². The van der Waals surface area contributed by atoms with Gasteiger partial charge in [-0.2, -0.15) is 0 Å². The Hall–Kier alpha value is -6.01. The molecule has 6 aromatic carbocycles. The molecule has 0 bridgehead atoms. The van der Waals surface area contributed by atoms with Crippen molar-refractivity contribution in [1.29, 1.82) is 0 Å². The molecule has 0 aliphatic carbocycles. The van der Waals surface area contributed by atoms with E-state index in [9.17, 15) is 0 Å². The van der Waals surface area contributed by atoms with Crippen LogP contribution in [0.1, 0.15) is 0 Å². The first-order chi connectivity index (χ1) is 25.1. The smallest absolute Gasteiger partial charge is 0.174 e. The number of imidazole rings is 1. The molecule has 2 atom stereocenters. The molecule has 0 saturated carbocycles. The molecule has 0 N–H and O–H groups in total. The number of aromatic nitrogens is 3. The molecule has 0 saturated heterocycles. The van der Waals surface area contributed by atoms with E-state index in [0.717, 1.165) is 73.1 Å². The van der Waals surface area contributed by atoms with E-state index in [-0.39, 0.29) is 0 Å². The lowest BCUT2D eigenvalue weighted by Crippen LogP contribution is -2.66. The fourth-order valence-corrected chi connectivity index (χ4v) is 13.7. The van der Waals surface area contributed by atoms with Crippen LogP contribution in [0.4, 0.5) is 17.2 Å². The highest BCUT2D eigenvalue weighted by molar-refractivity contribution is 7.79. The molecule has 0 amide bonds. The first-order valence-electron chi connectivity index (χ1n) is 16.9. The van der Waals surface area contributed by atoms with Gasteiger partial charge in [0, 0.05) is 41.3 Å². The van der Waals surface area contributed by atoms with Crippen LogP contribution in [0.3, 0.4) is 0 Å². The Morgan fingerprint density at radius 2 is 1.49 bits per heavy atom. The normalized spacial score (nSPS) is 15.3. The molecule has 0 fully saturated rings. The number of rotatable bonds is 5. The Morgan fingerprint density at radius 3 is 2.35 bits per heavy atom. The molecule has 4 heterocycles. The number of benzene rings is 6. The van der Waals surface area contributed by atoms with E-state index in [4.69, 9.17) is 19.1 Å². The summed E-state index contributed by atoms with van der Waals surface area (Å²) in [6.45, 7) is 0. The van der Waals surface area contributed by atoms with Crippen molar-refractivity contribution < 1.29 is 9.15 Å². The monoisotopic (exact) mass is 694 g/mol. The van der Waals surface area contributed by atoms with Gasteiger partial charge in [0.1, 0.15) is 34.3 Å². The van der Waals surface area contributed by atoms with E-state index in [0.29, 0.717) is 0 Å². The number of hydrogen-bond donors (Lipinski definition) is 0. The number of anilines is 3. The zero-order chi connectivity index (χ0) is 34.1. The number of hydrogen-bond acceptors (Lipinski definition) is 5. The van der Waals surface area contributed by atoms with Crippen LogP contribution in [0.25, 0.3) is 44.4 Å². The van der Waals surface area contributed by atoms with Crippen LogP contribution in [0.15, 0.2) is 162 Å². The highest BCUT2D eigenvalue weighted by atomic mass is 31.3. The summed E-state index contributed by atoms with van der Waals surface area (Å²) >= 11 is 0. The topological polar surface area (TPSA) is 56.3 Å². The van der Waals surface area contributed by atoms with Gasteiger partial charge in [-0.25, -0.2) is 9.97 Å². The lowest BCUT2D eigenvalue weighted by atomic mass is 10.1. The van der Waals surface area contributed by atoms with Crippen molar-refractivity contribution in [2.75, 3.05) is 4.90 Å². The second-order valence-electron chi connectivity index (χ2n) is 12.9. The van der Waals surface area contributed by atoms with Crippen LogP contribution in [-0.4, -0.2) is 22.3 Å². The molecule has 1 aliphatic rings. The van der Waals surface area contributed by atoms with Crippen molar-refractivity contribution in [3.63, 3.8) is 0 Å². The van der Waals surface area contributed by atoms with Gasteiger partial charge in [0.2, 0.25) is 0 Å². The maximum absolute atomic E-state index is 6.69. The predicted octanol–water partition coefficient (Wildman–Crippen LogP) is 8.95. The summed E-state index contributed by atoms with van der Waals surface area (Å²) in [5.41, 5.74) is 6.95. The van der Waals surface area contributed by atoms with Crippen molar-refractivity contribution in [3.8, 4) is 22.9 Å². The molecule has 2 unspecified atom stereocenters. The first-order valence-corrected chi connectivity index (χ1v) is 20.7. The van der Waals surface area contributed by atoms with Crippen molar-refractivity contribution in [1.82, 2.24) is 14.5 Å². The fourth-order valence-electron chi connectivity index (χ4n) is 7.72. The van der Waals surface area contributed by atoms with Crippen molar-refractivity contribution >= 4 is 82.3 Å². The van der Waals surface area contributed by atoms with Gasteiger partial charge in [-0.3, -0.25) is 4.90 Å². The number of fused-ring (bicyclic) bond motifs is 7. The zero-order valence-electron chi connectivity index (χ0n) is 27.7. The average Bonchev–Trinajstić information content (AvgIpc) is 3.73. The third-order valence-electron chi connectivity index (χ3n) is 10.0. The number of ether oxygens (including phenoxy) is 1. The van der Waals surface area contributed by atoms with E-state index in [1.165, 1.54) is 15.6 Å². The molecule has 6 nitrogen and oxygen atoms in total. The second-order valence-corrected chi connectivity index (χ2v) is 18.8. The Labute approximate surface area is 297 Å². The summed E-state index contributed by atoms with van der Waals surface area (Å²) in [6.07, 6.45) is 1.85. The SMILES string of the molecule is Cn1c(-c2cccc(Oc3ccc4c(c3)N(c3ccccn3)c3ccc5oc6ccccc6c5c3[Si]4(P)c3ccccc3)c2)nc2ccccc21. The number of nitrogens with zero attached hydrogens (tertiary/aromatic N) is 4. The van der Waals surface area contributed by atoms with E-state index in [1.54, 1.807) is 0 Å². The van der Waals surface area contributed by atoms with E-state index in [2.05, 4.69) is 128 Å². The molecule has 0 spiro atoms. The first kappa shape index (κ1) is 29.9. The van der Waals surface area contributed by atoms with Crippen molar-refractivity contribution in [2.24, 2.45) is 7.05 Å². The lowest BCUT2D eigenvalue weighted by Gasteiger charge is -2.42. The average molecular weight is 695 g/mol. The van der Waals surface area contributed by atoms with Gasteiger partial charge in [-0.15, -0.1) is 8.79 Å². The van der Waals surface area contributed by atoms with Gasteiger partial charge < -0.3 is 13.7 Å². The second kappa shape index (κ2) is 11.5. The van der Waals surface area contributed by atoms with Crippen LogP contribution >= 0.6 is 8.79 Å². The summed E-state index contributed by atoms with van der Waals surface area (Å²) < 4.78 is 15.3. The molecule has 0 radical (unpaired) electrons. The maximum atomic E-state index is 6.69. The summed E-state index contributed by atoms with van der Waals surface area (Å²) in [4.78, 5) is 12.1. The van der Waals surface area contributed by atoms with Crippen LogP contribution in [0.2, 0.25) is 0 Å². The van der Waals surface area contributed by atoms with E-state index < -0.39 is 7.74 Å². The lowest BCUT2D eigenvalue weighted by molar-refractivity contribution is 0.483. The van der Waals surface area contributed by atoms with E-state index in [1.807, 2.05) is 54.7 Å². The highest BCUT2D eigenvalue weighted by Crippen LogP contribution is 2.44. The summed E-state index contributed by atoms with van der Waals surface area (Å²) in [7, 11) is 2.70. The van der Waals surface area contributed by atoms with Gasteiger partial charge in [-0.05, 0) is 76.2 Å². The minimum atomic E-state index is -2.74. The zero-order valence-corrected chi connectivity index (χ0v) is 29.8. The van der Waals surface area contributed by atoms with Gasteiger partial charge in [-0.1, -0.05) is 84.9 Å². The molecule has 51 heavy (non-hydrogen) atoms. The van der Waals surface area contributed by atoms with Gasteiger partial charge in [0.15, 0.2) is 7.74 Å². The van der Waals surface area contributed by atoms with E-state index >= 15 is 0 Å². The van der Waals surface area contributed by atoms with Crippen LogP contribution in [0.5, 0.6) is 11.5 Å². The molecular formula is C43H31N4O2PSi. The minimum absolute atomic E-state index is 0.740. The van der Waals surface area contributed by atoms with Crippen LogP contribution in [-0.2, 0) is 7.05 Å². The molecule has 8 heteroatoms. The Bertz CT molecular complexity index is 2780. The molecule has 3 aromatic heterocycles. The quantitative estimate of drug-likeness (QED) is 0.133.